The van der Waals surface area contributed by atoms with Gasteiger partial charge in [0.05, 0.1) is 23.1 Å². The molecule has 0 unspecified atom stereocenters. The van der Waals surface area contributed by atoms with Crippen molar-refractivity contribution >= 4 is 45.0 Å². The average Bonchev–Trinajstić information content (AvgIpc) is 3.04. The smallest absolute Gasteiger partial charge is 0.348 e. The van der Waals surface area contributed by atoms with Crippen molar-refractivity contribution in [2.45, 2.75) is 37.7 Å². The van der Waals surface area contributed by atoms with Crippen LogP contribution < -0.4 is 11.3 Å². The molecule has 0 saturated heterocycles. The third-order valence-electron chi connectivity index (χ3n) is 4.23. The summed E-state index contributed by atoms with van der Waals surface area (Å²) in [6, 6.07) is 9.28. The molecule has 0 bridgehead atoms. The average molecular weight is 429 g/mol. The molecule has 0 aliphatic rings. The highest BCUT2D eigenvalue weighted by molar-refractivity contribution is 7.98. The molecule has 0 aliphatic carbocycles. The van der Waals surface area contributed by atoms with Crippen molar-refractivity contribution in [1.82, 2.24) is 9.55 Å². The van der Waals surface area contributed by atoms with Crippen molar-refractivity contribution in [2.24, 2.45) is 0 Å². The fourth-order valence-electron chi connectivity index (χ4n) is 2.92. The molecule has 3 aromatic rings. The number of carbonyl (C=O) groups is 1. The van der Waals surface area contributed by atoms with Gasteiger partial charge in [0.25, 0.3) is 5.56 Å². The van der Waals surface area contributed by atoms with Crippen LogP contribution in [-0.4, -0.2) is 22.1 Å². The van der Waals surface area contributed by atoms with Gasteiger partial charge in [0.1, 0.15) is 15.9 Å². The molecule has 2 N–H and O–H groups in total. The number of hydrogen-bond acceptors (Lipinski definition) is 8. The molecular weight excluding hydrogens is 408 g/mol. The van der Waals surface area contributed by atoms with Crippen LogP contribution >= 0.6 is 23.1 Å². The van der Waals surface area contributed by atoms with E-state index in [9.17, 15) is 14.9 Å². The number of para-hydroxylation sites is 1. The van der Waals surface area contributed by atoms with E-state index < -0.39 is 5.97 Å². The lowest BCUT2D eigenvalue weighted by atomic mass is 10.2. The minimum Gasteiger partial charge on any atom is -0.462 e. The lowest BCUT2D eigenvalue weighted by Gasteiger charge is -2.12. The number of aromatic nitrogens is 2. The van der Waals surface area contributed by atoms with Crippen LogP contribution in [0.1, 0.15) is 41.1 Å². The Morgan fingerprint density at radius 1 is 1.38 bits per heavy atom. The van der Waals surface area contributed by atoms with Crippen LogP contribution in [0, 0.1) is 11.3 Å². The maximum Gasteiger partial charge on any atom is 0.348 e. The van der Waals surface area contributed by atoms with Gasteiger partial charge in [-0.05, 0) is 25.5 Å². The van der Waals surface area contributed by atoms with Gasteiger partial charge in [-0.25, -0.2) is 9.78 Å². The predicted octanol–water partition coefficient (Wildman–Crippen LogP) is 3.79. The molecule has 0 spiro atoms. The zero-order valence-electron chi connectivity index (χ0n) is 16.1. The Balaban J connectivity index is 2.03. The molecule has 0 atom stereocenters. The first-order valence-electron chi connectivity index (χ1n) is 9.12. The second kappa shape index (κ2) is 9.11. The van der Waals surface area contributed by atoms with Gasteiger partial charge in [-0.3, -0.25) is 9.36 Å². The number of anilines is 1. The number of nitrogen functional groups attached to an aromatic ring is 1. The summed E-state index contributed by atoms with van der Waals surface area (Å²) in [5.74, 6) is -0.224. The number of esters is 1. The van der Waals surface area contributed by atoms with E-state index in [2.05, 4.69) is 11.1 Å². The number of fused-ring (bicyclic) bond motifs is 1. The maximum absolute atomic E-state index is 12.9. The molecule has 0 fully saturated rings. The Bertz CT molecular complexity index is 1160. The number of hydrogen-bond donors (Lipinski definition) is 1. The standard InChI is InChI=1S/C20H20N4O3S2/c1-3-9-24-18(25)12-7-5-6-8-15(12)23-20(24)28-11-14-13(10-21)17(22)29-16(14)19(26)27-4-2/h5-8H,3-4,9,11,22H2,1-2H3. The zero-order valence-corrected chi connectivity index (χ0v) is 17.7. The minimum absolute atomic E-state index is 0.101. The number of nitrogens with zero attached hydrogens (tertiary/aromatic N) is 3. The number of rotatable bonds is 7. The molecule has 1 aromatic carbocycles. The topological polar surface area (TPSA) is 111 Å². The number of thiophene rings is 1. The number of benzene rings is 1. The molecule has 0 amide bonds. The number of nitriles is 1. The lowest BCUT2D eigenvalue weighted by molar-refractivity contribution is 0.0531. The molecule has 9 heteroatoms. The van der Waals surface area contributed by atoms with Crippen molar-refractivity contribution in [3.63, 3.8) is 0 Å². The largest absolute Gasteiger partial charge is 0.462 e. The molecule has 2 aromatic heterocycles. The third kappa shape index (κ3) is 4.13. The number of nitrogens with two attached hydrogens (primary N) is 1. The van der Waals surface area contributed by atoms with E-state index in [0.717, 1.165) is 17.8 Å². The Labute approximate surface area is 176 Å². The molecule has 150 valence electrons. The molecule has 3 rings (SSSR count). The van der Waals surface area contributed by atoms with Gasteiger partial charge in [0.2, 0.25) is 0 Å². The second-order valence-electron chi connectivity index (χ2n) is 6.14. The maximum atomic E-state index is 12.9. The highest BCUT2D eigenvalue weighted by atomic mass is 32.2. The van der Waals surface area contributed by atoms with Gasteiger partial charge in [0.15, 0.2) is 5.16 Å². The van der Waals surface area contributed by atoms with E-state index in [1.807, 2.05) is 19.1 Å². The van der Waals surface area contributed by atoms with Gasteiger partial charge in [-0.2, -0.15) is 5.26 Å². The SMILES string of the molecule is CCCn1c(SCc2c(C(=O)OCC)sc(N)c2C#N)nc2ccccc2c1=O. The molecule has 0 saturated carbocycles. The predicted molar refractivity (Wildman–Crippen MR) is 115 cm³/mol. The first kappa shape index (κ1) is 20.9. The van der Waals surface area contributed by atoms with E-state index >= 15 is 0 Å². The van der Waals surface area contributed by atoms with Gasteiger partial charge in [-0.1, -0.05) is 30.8 Å². The summed E-state index contributed by atoms with van der Waals surface area (Å²) < 4.78 is 6.74. The zero-order chi connectivity index (χ0) is 21.0. The summed E-state index contributed by atoms with van der Waals surface area (Å²) in [5, 5.41) is 10.9. The monoisotopic (exact) mass is 428 g/mol. The van der Waals surface area contributed by atoms with Crippen LogP contribution in [-0.2, 0) is 17.0 Å². The van der Waals surface area contributed by atoms with Crippen LogP contribution in [0.5, 0.6) is 0 Å². The Morgan fingerprint density at radius 3 is 2.83 bits per heavy atom. The van der Waals surface area contributed by atoms with Crippen LogP contribution in [0.3, 0.4) is 0 Å². The quantitative estimate of drug-likeness (QED) is 0.346. The molecule has 0 radical (unpaired) electrons. The van der Waals surface area contributed by atoms with Gasteiger partial charge in [-0.15, -0.1) is 11.3 Å². The van der Waals surface area contributed by atoms with Crippen molar-refractivity contribution in [3.8, 4) is 6.07 Å². The van der Waals surface area contributed by atoms with E-state index in [4.69, 9.17) is 10.5 Å². The summed E-state index contributed by atoms with van der Waals surface area (Å²) in [7, 11) is 0. The van der Waals surface area contributed by atoms with Crippen molar-refractivity contribution in [1.29, 1.82) is 5.26 Å². The summed E-state index contributed by atoms with van der Waals surface area (Å²) in [4.78, 5) is 30.2. The summed E-state index contributed by atoms with van der Waals surface area (Å²) >= 11 is 2.35. The van der Waals surface area contributed by atoms with Crippen LogP contribution in [0.25, 0.3) is 10.9 Å². The number of ether oxygens (including phenoxy) is 1. The fraction of sp³-hybridized carbons (Fsp3) is 0.300. The first-order chi connectivity index (χ1) is 14.0. The van der Waals surface area contributed by atoms with Crippen molar-refractivity contribution in [3.05, 3.63) is 50.6 Å². The number of thioether (sulfide) groups is 1. The highest BCUT2D eigenvalue weighted by Crippen LogP contribution is 2.35. The van der Waals surface area contributed by atoms with Gasteiger partial charge < -0.3 is 10.5 Å². The second-order valence-corrected chi connectivity index (χ2v) is 8.13. The minimum atomic E-state index is -0.501. The lowest BCUT2D eigenvalue weighted by Crippen LogP contribution is -2.23. The Hall–Kier alpha value is -2.83. The molecule has 29 heavy (non-hydrogen) atoms. The van der Waals surface area contributed by atoms with E-state index in [1.54, 1.807) is 23.6 Å². The Morgan fingerprint density at radius 2 is 2.14 bits per heavy atom. The molecular formula is C20H20N4O3S2. The summed E-state index contributed by atoms with van der Waals surface area (Å²) in [5.41, 5.74) is 7.24. The van der Waals surface area contributed by atoms with Crippen LogP contribution in [0.15, 0.2) is 34.2 Å². The van der Waals surface area contributed by atoms with Crippen LogP contribution in [0.4, 0.5) is 5.00 Å². The van der Waals surface area contributed by atoms with E-state index in [0.29, 0.717) is 33.0 Å². The third-order valence-corrected chi connectivity index (χ3v) is 6.27. The number of carbonyl (C=O) groups excluding carboxylic acids is 1. The Kier molecular flexibility index (Phi) is 6.56. The van der Waals surface area contributed by atoms with Crippen molar-refractivity contribution in [2.75, 3.05) is 12.3 Å². The summed E-state index contributed by atoms with van der Waals surface area (Å²) in [6.07, 6.45) is 0.774. The first-order valence-corrected chi connectivity index (χ1v) is 10.9. The molecule has 7 nitrogen and oxygen atoms in total. The van der Waals surface area contributed by atoms with Crippen LogP contribution in [0.2, 0.25) is 0 Å². The van der Waals surface area contributed by atoms with E-state index in [-0.39, 0.29) is 28.5 Å². The highest BCUT2D eigenvalue weighted by Gasteiger charge is 2.23. The van der Waals surface area contributed by atoms with Gasteiger partial charge in [0, 0.05) is 17.9 Å². The molecule has 2 heterocycles. The molecule has 0 aliphatic heterocycles. The fourth-order valence-corrected chi connectivity index (χ4v) is 5.00. The van der Waals surface area contributed by atoms with Gasteiger partial charge >= 0.3 is 5.97 Å². The normalized spacial score (nSPS) is 10.8. The summed E-state index contributed by atoms with van der Waals surface area (Å²) in [6.45, 7) is 4.47. The van der Waals surface area contributed by atoms with Crippen molar-refractivity contribution < 1.29 is 9.53 Å². The van der Waals surface area contributed by atoms with E-state index in [1.165, 1.54) is 11.8 Å².